The summed E-state index contributed by atoms with van der Waals surface area (Å²) in [5, 5.41) is 22.0. The number of phenols is 1. The molecule has 5 nitrogen and oxygen atoms in total. The Kier molecular flexibility index (Phi) is 5.82. The van der Waals surface area contributed by atoms with Crippen molar-refractivity contribution < 1.29 is 19.7 Å². The van der Waals surface area contributed by atoms with Crippen molar-refractivity contribution in [3.05, 3.63) is 23.8 Å². The molecule has 0 aliphatic rings. The van der Waals surface area contributed by atoms with Gasteiger partial charge in [0.2, 0.25) is 0 Å². The molecule has 1 aromatic rings. The van der Waals surface area contributed by atoms with Crippen LogP contribution < -0.4 is 10.1 Å². The van der Waals surface area contributed by atoms with Gasteiger partial charge in [-0.2, -0.15) is 0 Å². The Bertz CT molecular complexity index is 461. The maximum Gasteiger partial charge on any atom is 0.323 e. The van der Waals surface area contributed by atoms with Gasteiger partial charge in [0.1, 0.15) is 5.54 Å². The number of ether oxygens (including phenoxy) is 1. The maximum atomic E-state index is 11.3. The molecule has 5 heteroatoms. The smallest absolute Gasteiger partial charge is 0.323 e. The van der Waals surface area contributed by atoms with Crippen LogP contribution in [-0.4, -0.2) is 28.3 Å². The fraction of sp³-hybridized carbons (Fsp3) is 0.533. The fourth-order valence-electron chi connectivity index (χ4n) is 2.01. The molecule has 0 heterocycles. The molecule has 20 heavy (non-hydrogen) atoms. The number of hydrogen-bond acceptors (Lipinski definition) is 4. The summed E-state index contributed by atoms with van der Waals surface area (Å²) in [6, 6.07) is 5.03. The number of carbonyl (C=O) groups is 1. The van der Waals surface area contributed by atoms with Crippen LogP contribution in [-0.2, 0) is 11.3 Å². The number of carboxylic acids is 1. The molecule has 0 aromatic heterocycles. The van der Waals surface area contributed by atoms with E-state index in [0.29, 0.717) is 25.3 Å². The van der Waals surface area contributed by atoms with Crippen molar-refractivity contribution >= 4 is 5.97 Å². The van der Waals surface area contributed by atoms with Crippen LogP contribution in [0.15, 0.2) is 18.2 Å². The number of phenolic OH excluding ortho intramolecular Hbond substituents is 1. The van der Waals surface area contributed by atoms with Gasteiger partial charge >= 0.3 is 5.97 Å². The minimum absolute atomic E-state index is 0.0881. The first-order valence-electron chi connectivity index (χ1n) is 6.86. The second-order valence-corrected chi connectivity index (χ2v) is 4.98. The normalized spacial score (nSPS) is 13.8. The van der Waals surface area contributed by atoms with Gasteiger partial charge in [-0.05, 0) is 38.0 Å². The van der Waals surface area contributed by atoms with Gasteiger partial charge in [-0.3, -0.25) is 10.1 Å². The van der Waals surface area contributed by atoms with Crippen LogP contribution in [0.4, 0.5) is 0 Å². The summed E-state index contributed by atoms with van der Waals surface area (Å²) >= 11 is 0. The predicted molar refractivity (Wildman–Crippen MR) is 77.1 cm³/mol. The average Bonchev–Trinajstić information content (AvgIpc) is 2.40. The third-order valence-corrected chi connectivity index (χ3v) is 3.23. The van der Waals surface area contributed by atoms with Crippen molar-refractivity contribution in [2.45, 2.75) is 45.7 Å². The van der Waals surface area contributed by atoms with Crippen molar-refractivity contribution in [1.82, 2.24) is 5.32 Å². The molecule has 1 atom stereocenters. The number of benzene rings is 1. The maximum absolute atomic E-state index is 11.3. The topological polar surface area (TPSA) is 78.8 Å². The molecule has 1 aromatic carbocycles. The van der Waals surface area contributed by atoms with E-state index in [1.165, 1.54) is 0 Å². The molecular formula is C15H23NO4. The molecule has 0 amide bonds. The minimum Gasteiger partial charge on any atom is -0.504 e. The second-order valence-electron chi connectivity index (χ2n) is 4.98. The first-order chi connectivity index (χ1) is 9.42. The van der Waals surface area contributed by atoms with Gasteiger partial charge in [-0.25, -0.2) is 0 Å². The van der Waals surface area contributed by atoms with Gasteiger partial charge in [-0.15, -0.1) is 0 Å². The SMILES string of the molecule is CCCC(C)(NCc1ccc(O)c(OCC)c1)C(=O)O. The quantitative estimate of drug-likeness (QED) is 0.682. The highest BCUT2D eigenvalue weighted by molar-refractivity contribution is 5.78. The van der Waals surface area contributed by atoms with Crippen LogP contribution in [0.25, 0.3) is 0 Å². The highest BCUT2D eigenvalue weighted by Crippen LogP contribution is 2.27. The molecule has 0 fully saturated rings. The molecule has 0 bridgehead atoms. The Hall–Kier alpha value is -1.75. The molecule has 0 saturated carbocycles. The number of carboxylic acid groups (broad SMARTS) is 1. The summed E-state index contributed by atoms with van der Waals surface area (Å²) in [6.45, 7) is 6.35. The van der Waals surface area contributed by atoms with E-state index in [-0.39, 0.29) is 5.75 Å². The lowest BCUT2D eigenvalue weighted by Gasteiger charge is -2.26. The lowest BCUT2D eigenvalue weighted by Crippen LogP contribution is -2.48. The van der Waals surface area contributed by atoms with Gasteiger partial charge in [-0.1, -0.05) is 19.4 Å². The molecule has 1 rings (SSSR count). The van der Waals surface area contributed by atoms with E-state index in [4.69, 9.17) is 4.74 Å². The molecule has 0 aliphatic heterocycles. The molecule has 0 aliphatic carbocycles. The van der Waals surface area contributed by atoms with Crippen LogP contribution >= 0.6 is 0 Å². The zero-order valence-corrected chi connectivity index (χ0v) is 12.3. The van der Waals surface area contributed by atoms with Gasteiger partial charge in [0.25, 0.3) is 0 Å². The summed E-state index contributed by atoms with van der Waals surface area (Å²) in [5.41, 5.74) is -0.0758. The van der Waals surface area contributed by atoms with E-state index >= 15 is 0 Å². The molecular weight excluding hydrogens is 258 g/mol. The van der Waals surface area contributed by atoms with Crippen molar-refractivity contribution in [2.24, 2.45) is 0 Å². The van der Waals surface area contributed by atoms with E-state index in [2.05, 4.69) is 5.32 Å². The molecule has 3 N–H and O–H groups in total. The second kappa shape index (κ2) is 7.14. The fourth-order valence-corrected chi connectivity index (χ4v) is 2.01. The lowest BCUT2D eigenvalue weighted by molar-refractivity contribution is -0.144. The number of hydrogen-bond donors (Lipinski definition) is 3. The Morgan fingerprint density at radius 2 is 2.10 bits per heavy atom. The first kappa shape index (κ1) is 16.3. The van der Waals surface area contributed by atoms with Crippen molar-refractivity contribution in [3.8, 4) is 11.5 Å². The van der Waals surface area contributed by atoms with Gasteiger partial charge in [0, 0.05) is 6.54 Å². The van der Waals surface area contributed by atoms with E-state index in [1.807, 2.05) is 13.8 Å². The highest BCUT2D eigenvalue weighted by Gasteiger charge is 2.31. The first-order valence-corrected chi connectivity index (χ1v) is 6.86. The zero-order chi connectivity index (χ0) is 15.2. The zero-order valence-electron chi connectivity index (χ0n) is 12.3. The van der Waals surface area contributed by atoms with Crippen LogP contribution in [0.3, 0.4) is 0 Å². The molecule has 0 saturated heterocycles. The summed E-state index contributed by atoms with van der Waals surface area (Å²) < 4.78 is 5.31. The van der Waals surface area contributed by atoms with E-state index in [0.717, 1.165) is 12.0 Å². The van der Waals surface area contributed by atoms with E-state index in [9.17, 15) is 15.0 Å². The van der Waals surface area contributed by atoms with Crippen LogP contribution in [0.1, 0.15) is 39.2 Å². The summed E-state index contributed by atoms with van der Waals surface area (Å²) in [6.07, 6.45) is 1.34. The Morgan fingerprint density at radius 3 is 2.65 bits per heavy atom. The van der Waals surface area contributed by atoms with Crippen molar-refractivity contribution in [2.75, 3.05) is 6.61 Å². The number of aliphatic carboxylic acids is 1. The van der Waals surface area contributed by atoms with Crippen LogP contribution in [0.5, 0.6) is 11.5 Å². The molecule has 112 valence electrons. The van der Waals surface area contributed by atoms with E-state index in [1.54, 1.807) is 25.1 Å². The van der Waals surface area contributed by atoms with Crippen molar-refractivity contribution in [3.63, 3.8) is 0 Å². The standard InChI is InChI=1S/C15H23NO4/c1-4-8-15(3,14(18)19)16-10-11-6-7-12(17)13(9-11)20-5-2/h6-7,9,16-17H,4-5,8,10H2,1-3H3,(H,18,19). The van der Waals surface area contributed by atoms with E-state index < -0.39 is 11.5 Å². The Balaban J connectivity index is 2.78. The summed E-state index contributed by atoms with van der Waals surface area (Å²) in [4.78, 5) is 11.3. The largest absolute Gasteiger partial charge is 0.504 e. The third-order valence-electron chi connectivity index (χ3n) is 3.23. The number of nitrogens with one attached hydrogen (secondary N) is 1. The van der Waals surface area contributed by atoms with Gasteiger partial charge in [0.05, 0.1) is 6.61 Å². The number of aromatic hydroxyl groups is 1. The minimum atomic E-state index is -0.946. The van der Waals surface area contributed by atoms with Crippen molar-refractivity contribution in [1.29, 1.82) is 0 Å². The Morgan fingerprint density at radius 1 is 1.40 bits per heavy atom. The highest BCUT2D eigenvalue weighted by atomic mass is 16.5. The summed E-state index contributed by atoms with van der Waals surface area (Å²) in [5.74, 6) is -0.354. The average molecular weight is 281 g/mol. The molecule has 0 radical (unpaired) electrons. The van der Waals surface area contributed by atoms with Gasteiger partial charge in [0.15, 0.2) is 11.5 Å². The van der Waals surface area contributed by atoms with Gasteiger partial charge < -0.3 is 14.9 Å². The Labute approximate surface area is 119 Å². The third kappa shape index (κ3) is 4.13. The van der Waals surface area contributed by atoms with Crippen LogP contribution in [0, 0.1) is 0 Å². The number of rotatable bonds is 8. The predicted octanol–water partition coefficient (Wildman–Crippen LogP) is 2.52. The molecule has 1 unspecified atom stereocenters. The molecule has 0 spiro atoms. The van der Waals surface area contributed by atoms with Crippen LogP contribution in [0.2, 0.25) is 0 Å². The summed E-state index contributed by atoms with van der Waals surface area (Å²) in [7, 11) is 0. The monoisotopic (exact) mass is 281 g/mol. The lowest BCUT2D eigenvalue weighted by atomic mass is 9.96.